The van der Waals surface area contributed by atoms with Crippen molar-refractivity contribution in [1.29, 1.82) is 0 Å². The lowest BCUT2D eigenvalue weighted by atomic mass is 10.1. The number of hydrogen-bond acceptors (Lipinski definition) is 5. The van der Waals surface area contributed by atoms with E-state index in [-0.39, 0.29) is 27.7 Å². The van der Waals surface area contributed by atoms with Gasteiger partial charge in [-0.2, -0.15) is 0 Å². The molecule has 0 amide bonds. The predicted octanol–water partition coefficient (Wildman–Crippen LogP) is 2.63. The van der Waals surface area contributed by atoms with Crippen LogP contribution in [0.1, 0.15) is 0 Å². The van der Waals surface area contributed by atoms with Gasteiger partial charge >= 0.3 is 0 Å². The van der Waals surface area contributed by atoms with E-state index in [1.807, 2.05) is 4.90 Å². The molecule has 3 aromatic rings. The number of aromatic hydroxyl groups is 1. The normalized spacial score (nSPS) is 15.4. The van der Waals surface area contributed by atoms with Gasteiger partial charge in [0.25, 0.3) is 0 Å². The zero-order chi connectivity index (χ0) is 16.0. The fraction of sp³-hybridized carbons (Fsp3) is 0.235. The molecule has 0 unspecified atom stereocenters. The Balaban J connectivity index is 2.00. The standard InChI is InChI=1S/C17H14FNO4/c18-12-3-1-2-11-16(21)15-13(20)8-10(9-14(15)23-17(11)12)19-4-6-22-7-5-19/h1-3,8-9,20H,4-7H2. The molecule has 1 N–H and O–H groups in total. The van der Waals surface area contributed by atoms with Crippen LogP contribution >= 0.6 is 0 Å². The zero-order valence-electron chi connectivity index (χ0n) is 12.2. The lowest BCUT2D eigenvalue weighted by Gasteiger charge is -2.29. The first-order chi connectivity index (χ1) is 11.1. The minimum atomic E-state index is -0.599. The molecule has 0 bridgehead atoms. The monoisotopic (exact) mass is 315 g/mol. The van der Waals surface area contributed by atoms with E-state index in [2.05, 4.69) is 0 Å². The number of anilines is 1. The zero-order valence-corrected chi connectivity index (χ0v) is 12.2. The van der Waals surface area contributed by atoms with Crippen molar-refractivity contribution in [2.45, 2.75) is 0 Å². The topological polar surface area (TPSA) is 62.9 Å². The smallest absolute Gasteiger partial charge is 0.204 e. The van der Waals surface area contributed by atoms with Gasteiger partial charge in [-0.1, -0.05) is 6.07 Å². The number of phenolic OH excluding ortho intramolecular Hbond substituents is 1. The van der Waals surface area contributed by atoms with Crippen LogP contribution in [-0.2, 0) is 4.74 Å². The Kier molecular flexibility index (Phi) is 3.20. The lowest BCUT2D eigenvalue weighted by Crippen LogP contribution is -2.36. The summed E-state index contributed by atoms with van der Waals surface area (Å²) >= 11 is 0. The summed E-state index contributed by atoms with van der Waals surface area (Å²) in [6.45, 7) is 2.54. The molecule has 2 heterocycles. The summed E-state index contributed by atoms with van der Waals surface area (Å²) in [6, 6.07) is 7.37. The Morgan fingerprint density at radius 2 is 1.96 bits per heavy atom. The molecule has 0 saturated carbocycles. The van der Waals surface area contributed by atoms with E-state index in [1.165, 1.54) is 24.3 Å². The average Bonchev–Trinajstić information content (AvgIpc) is 2.56. The Bertz CT molecular complexity index is 960. The van der Waals surface area contributed by atoms with Gasteiger partial charge in [-0.15, -0.1) is 0 Å². The van der Waals surface area contributed by atoms with Crippen molar-refractivity contribution in [3.05, 3.63) is 46.4 Å². The molecule has 0 aliphatic carbocycles. The van der Waals surface area contributed by atoms with Gasteiger partial charge in [-0.25, -0.2) is 4.39 Å². The van der Waals surface area contributed by atoms with E-state index in [0.29, 0.717) is 26.3 Å². The van der Waals surface area contributed by atoms with Crippen molar-refractivity contribution >= 4 is 27.6 Å². The third-order valence-corrected chi connectivity index (χ3v) is 4.09. The number of ether oxygens (including phenoxy) is 1. The highest BCUT2D eigenvalue weighted by Crippen LogP contribution is 2.32. The molecule has 5 nitrogen and oxygen atoms in total. The van der Waals surface area contributed by atoms with E-state index < -0.39 is 11.2 Å². The van der Waals surface area contributed by atoms with Crippen molar-refractivity contribution in [1.82, 2.24) is 0 Å². The summed E-state index contributed by atoms with van der Waals surface area (Å²) in [5.74, 6) is -0.762. The number of nitrogens with zero attached hydrogens (tertiary/aromatic N) is 1. The van der Waals surface area contributed by atoms with E-state index in [4.69, 9.17) is 9.15 Å². The molecule has 1 fully saturated rings. The first-order valence-electron chi connectivity index (χ1n) is 7.36. The van der Waals surface area contributed by atoms with Crippen molar-refractivity contribution in [2.75, 3.05) is 31.2 Å². The first-order valence-corrected chi connectivity index (χ1v) is 7.36. The van der Waals surface area contributed by atoms with Crippen LogP contribution in [0.15, 0.2) is 39.5 Å². The fourth-order valence-electron chi connectivity index (χ4n) is 2.94. The van der Waals surface area contributed by atoms with Gasteiger partial charge in [0.15, 0.2) is 11.4 Å². The van der Waals surface area contributed by atoms with Crippen molar-refractivity contribution in [3.8, 4) is 5.75 Å². The second kappa shape index (κ2) is 5.24. The quantitative estimate of drug-likeness (QED) is 0.699. The van der Waals surface area contributed by atoms with Crippen LogP contribution < -0.4 is 10.3 Å². The molecule has 0 radical (unpaired) electrons. The van der Waals surface area contributed by atoms with Gasteiger partial charge in [0.2, 0.25) is 5.43 Å². The van der Waals surface area contributed by atoms with E-state index in [1.54, 1.807) is 6.07 Å². The van der Waals surface area contributed by atoms with E-state index >= 15 is 0 Å². The molecule has 23 heavy (non-hydrogen) atoms. The molecule has 6 heteroatoms. The Labute approximate surface area is 130 Å². The van der Waals surface area contributed by atoms with Gasteiger partial charge in [0.1, 0.15) is 16.7 Å². The molecule has 1 aromatic heterocycles. The largest absolute Gasteiger partial charge is 0.507 e. The number of hydrogen-bond donors (Lipinski definition) is 1. The van der Waals surface area contributed by atoms with Gasteiger partial charge < -0.3 is 19.2 Å². The van der Waals surface area contributed by atoms with Crippen molar-refractivity contribution < 1.29 is 18.7 Å². The number of phenols is 1. The number of halogens is 1. The van der Waals surface area contributed by atoms with Gasteiger partial charge in [-0.05, 0) is 12.1 Å². The molecule has 4 rings (SSSR count). The predicted molar refractivity (Wildman–Crippen MR) is 84.6 cm³/mol. The van der Waals surface area contributed by atoms with Gasteiger partial charge in [-0.3, -0.25) is 4.79 Å². The Morgan fingerprint density at radius 1 is 1.17 bits per heavy atom. The van der Waals surface area contributed by atoms with Crippen molar-refractivity contribution in [2.24, 2.45) is 0 Å². The van der Waals surface area contributed by atoms with Gasteiger partial charge in [0.05, 0.1) is 18.6 Å². The maximum atomic E-state index is 13.9. The number of benzene rings is 2. The van der Waals surface area contributed by atoms with Crippen LogP contribution in [0.5, 0.6) is 5.75 Å². The maximum absolute atomic E-state index is 13.9. The second-order valence-corrected chi connectivity index (χ2v) is 5.49. The van der Waals surface area contributed by atoms with Crippen LogP contribution in [0.4, 0.5) is 10.1 Å². The number of fused-ring (bicyclic) bond motifs is 2. The summed E-state index contributed by atoms with van der Waals surface area (Å²) in [5, 5.41) is 10.5. The minimum Gasteiger partial charge on any atom is -0.507 e. The van der Waals surface area contributed by atoms with Crippen LogP contribution in [0.25, 0.3) is 21.9 Å². The molecule has 118 valence electrons. The number of rotatable bonds is 1. The summed E-state index contributed by atoms with van der Waals surface area (Å²) in [7, 11) is 0. The maximum Gasteiger partial charge on any atom is 0.204 e. The molecule has 1 aliphatic rings. The van der Waals surface area contributed by atoms with Crippen LogP contribution in [0, 0.1) is 5.82 Å². The minimum absolute atomic E-state index is 0.0695. The van der Waals surface area contributed by atoms with Crippen LogP contribution in [0.2, 0.25) is 0 Å². The summed E-state index contributed by atoms with van der Waals surface area (Å²) in [5.41, 5.74) is 0.363. The molecule has 2 aromatic carbocycles. The summed E-state index contributed by atoms with van der Waals surface area (Å²) < 4.78 is 24.8. The van der Waals surface area contributed by atoms with Gasteiger partial charge in [0, 0.05) is 30.9 Å². The molecular formula is C17H14FNO4. The first kappa shape index (κ1) is 14.0. The van der Waals surface area contributed by atoms with E-state index in [0.717, 1.165) is 5.69 Å². The van der Waals surface area contributed by atoms with Crippen LogP contribution in [0.3, 0.4) is 0 Å². The molecule has 1 aliphatic heterocycles. The highest BCUT2D eigenvalue weighted by molar-refractivity contribution is 5.95. The Hall–Kier alpha value is -2.60. The second-order valence-electron chi connectivity index (χ2n) is 5.49. The Morgan fingerprint density at radius 3 is 2.74 bits per heavy atom. The third kappa shape index (κ3) is 2.22. The lowest BCUT2D eigenvalue weighted by molar-refractivity contribution is 0.122. The number of morpholine rings is 1. The highest BCUT2D eigenvalue weighted by Gasteiger charge is 2.18. The summed E-state index contributed by atoms with van der Waals surface area (Å²) in [4.78, 5) is 14.6. The fourth-order valence-corrected chi connectivity index (χ4v) is 2.94. The molecule has 0 atom stereocenters. The molecule has 0 spiro atoms. The molecular weight excluding hydrogens is 301 g/mol. The summed E-state index contributed by atoms with van der Waals surface area (Å²) in [6.07, 6.45) is 0. The highest BCUT2D eigenvalue weighted by atomic mass is 19.1. The molecule has 1 saturated heterocycles. The number of para-hydroxylation sites is 1. The van der Waals surface area contributed by atoms with Crippen LogP contribution in [-0.4, -0.2) is 31.4 Å². The third-order valence-electron chi connectivity index (χ3n) is 4.09. The average molecular weight is 315 g/mol. The SMILES string of the molecule is O=c1c2cccc(F)c2oc2cc(N3CCOCC3)cc(O)c12. The van der Waals surface area contributed by atoms with Crippen molar-refractivity contribution in [3.63, 3.8) is 0 Å². The van der Waals surface area contributed by atoms with E-state index in [9.17, 15) is 14.3 Å².